The summed E-state index contributed by atoms with van der Waals surface area (Å²) in [5, 5.41) is 0. The zero-order chi connectivity index (χ0) is 13.1. The molecule has 0 bridgehead atoms. The van der Waals surface area contributed by atoms with Crippen LogP contribution in [-0.4, -0.2) is 0 Å². The summed E-state index contributed by atoms with van der Waals surface area (Å²) in [6, 6.07) is 8.59. The SMILES string of the molecule is C.C.C#CC.C/C=C\C(=C/C)c1ccccc1CC. The molecule has 0 amide bonds. The summed E-state index contributed by atoms with van der Waals surface area (Å²) in [5.41, 5.74) is 4.08. The summed E-state index contributed by atoms with van der Waals surface area (Å²) >= 11 is 0. The Labute approximate surface area is 121 Å². The highest BCUT2D eigenvalue weighted by molar-refractivity contribution is 5.75. The van der Waals surface area contributed by atoms with E-state index in [0.717, 1.165) is 6.42 Å². The minimum absolute atomic E-state index is 0. The molecular weight excluding hydrogens is 228 g/mol. The van der Waals surface area contributed by atoms with Crippen LogP contribution in [-0.2, 0) is 6.42 Å². The van der Waals surface area contributed by atoms with E-state index >= 15 is 0 Å². The Balaban J connectivity index is -0.000000468. The fourth-order valence-electron chi connectivity index (χ4n) is 1.63. The number of allylic oxidation sites excluding steroid dienone is 4. The molecule has 0 heteroatoms. The van der Waals surface area contributed by atoms with E-state index in [1.807, 2.05) is 0 Å². The maximum absolute atomic E-state index is 4.60. The van der Waals surface area contributed by atoms with Crippen LogP contribution in [0.1, 0.15) is 53.7 Å². The van der Waals surface area contributed by atoms with Gasteiger partial charge < -0.3 is 0 Å². The fraction of sp³-hybridized carbons (Fsp3) is 0.368. The van der Waals surface area contributed by atoms with Crippen molar-refractivity contribution in [2.24, 2.45) is 0 Å². The third-order valence-electron chi connectivity index (χ3n) is 2.37. The third kappa shape index (κ3) is 8.06. The summed E-state index contributed by atoms with van der Waals surface area (Å²) in [6.45, 7) is 7.99. The van der Waals surface area contributed by atoms with E-state index in [0.29, 0.717) is 0 Å². The monoisotopic (exact) mass is 258 g/mol. The second-order valence-corrected chi connectivity index (χ2v) is 3.54. The van der Waals surface area contributed by atoms with Crippen LogP contribution < -0.4 is 0 Å². The van der Waals surface area contributed by atoms with Crippen LogP contribution in [0, 0.1) is 12.3 Å². The van der Waals surface area contributed by atoms with Gasteiger partial charge in [-0.2, -0.15) is 0 Å². The van der Waals surface area contributed by atoms with E-state index in [1.165, 1.54) is 16.7 Å². The average Bonchev–Trinajstić information content (AvgIpc) is 2.37. The largest absolute Gasteiger partial charge is 0.120 e. The van der Waals surface area contributed by atoms with Crippen LogP contribution in [0.5, 0.6) is 0 Å². The van der Waals surface area contributed by atoms with Gasteiger partial charge in [0, 0.05) is 0 Å². The molecule has 1 rings (SSSR count). The van der Waals surface area contributed by atoms with Crippen molar-refractivity contribution in [3.63, 3.8) is 0 Å². The van der Waals surface area contributed by atoms with E-state index < -0.39 is 0 Å². The summed E-state index contributed by atoms with van der Waals surface area (Å²) in [6.07, 6.45) is 12.1. The first kappa shape index (κ1) is 22.4. The molecule has 0 nitrogen and oxygen atoms in total. The second-order valence-electron chi connectivity index (χ2n) is 3.54. The maximum Gasteiger partial charge on any atom is -0.00297 e. The molecule has 0 aromatic heterocycles. The molecule has 0 atom stereocenters. The standard InChI is InChI=1S/C14H18.C3H4.2CH4/c1-4-9-12(5-2)14-11-8-7-10-13(14)6-3;1-3-2;;/h4-5,7-11H,6H2,1-3H3;1H,2H3;2*1H4/b9-4-,12-5+;;;. The molecule has 19 heavy (non-hydrogen) atoms. The molecule has 0 heterocycles. The predicted octanol–water partition coefficient (Wildman–Crippen LogP) is 6.14. The molecule has 106 valence electrons. The van der Waals surface area contributed by atoms with Crippen LogP contribution in [0.2, 0.25) is 0 Å². The maximum atomic E-state index is 4.60. The molecule has 0 N–H and O–H groups in total. The van der Waals surface area contributed by atoms with Crippen molar-refractivity contribution in [1.29, 1.82) is 0 Å². The normalized spacial score (nSPS) is 9.53. The Morgan fingerprint density at radius 1 is 1.21 bits per heavy atom. The lowest BCUT2D eigenvalue weighted by molar-refractivity contribution is 1.13. The third-order valence-corrected chi connectivity index (χ3v) is 2.37. The molecule has 0 fully saturated rings. The first-order valence-corrected chi connectivity index (χ1v) is 5.99. The Bertz CT molecular complexity index is 414. The summed E-state index contributed by atoms with van der Waals surface area (Å²) < 4.78 is 0. The molecule has 0 unspecified atom stereocenters. The Morgan fingerprint density at radius 2 is 1.74 bits per heavy atom. The van der Waals surface area contributed by atoms with Crippen LogP contribution in [0.3, 0.4) is 0 Å². The topological polar surface area (TPSA) is 0 Å². The van der Waals surface area contributed by atoms with Crippen molar-refractivity contribution in [2.45, 2.75) is 49.0 Å². The van der Waals surface area contributed by atoms with Crippen LogP contribution >= 0.6 is 0 Å². The number of aryl methyl sites for hydroxylation is 1. The highest BCUT2D eigenvalue weighted by atomic mass is 14.1. The molecule has 1 aromatic carbocycles. The first-order chi connectivity index (χ1) is 8.24. The number of benzene rings is 1. The zero-order valence-corrected chi connectivity index (χ0v) is 11.3. The first-order valence-electron chi connectivity index (χ1n) is 5.99. The lowest BCUT2D eigenvalue weighted by atomic mass is 9.97. The minimum Gasteiger partial charge on any atom is -0.120 e. The van der Waals surface area contributed by atoms with E-state index in [4.69, 9.17) is 0 Å². The number of hydrogen-bond donors (Lipinski definition) is 0. The molecule has 0 aliphatic carbocycles. The van der Waals surface area contributed by atoms with Crippen molar-refractivity contribution in [3.8, 4) is 12.3 Å². The van der Waals surface area contributed by atoms with E-state index in [1.54, 1.807) is 6.92 Å². The van der Waals surface area contributed by atoms with Gasteiger partial charge in [-0.15, -0.1) is 12.3 Å². The fourth-order valence-corrected chi connectivity index (χ4v) is 1.63. The quantitative estimate of drug-likeness (QED) is 0.451. The smallest absolute Gasteiger partial charge is 0.00297 e. The van der Waals surface area contributed by atoms with Crippen LogP contribution in [0.25, 0.3) is 5.57 Å². The molecule has 1 aromatic rings. The molecular formula is C19H30. The number of rotatable bonds is 3. The van der Waals surface area contributed by atoms with Gasteiger partial charge in [0.25, 0.3) is 0 Å². The summed E-state index contributed by atoms with van der Waals surface area (Å²) in [4.78, 5) is 0. The molecule has 0 spiro atoms. The van der Waals surface area contributed by atoms with Crippen molar-refractivity contribution in [3.05, 3.63) is 53.6 Å². The molecule has 0 aliphatic heterocycles. The van der Waals surface area contributed by atoms with Gasteiger partial charge in [0.05, 0.1) is 0 Å². The van der Waals surface area contributed by atoms with Gasteiger partial charge in [0.15, 0.2) is 0 Å². The van der Waals surface area contributed by atoms with Crippen molar-refractivity contribution in [2.75, 3.05) is 0 Å². The van der Waals surface area contributed by atoms with E-state index in [9.17, 15) is 0 Å². The van der Waals surface area contributed by atoms with Gasteiger partial charge in [-0.05, 0) is 43.9 Å². The van der Waals surface area contributed by atoms with Gasteiger partial charge in [-0.1, -0.05) is 64.3 Å². The minimum atomic E-state index is 0. The molecule has 0 aliphatic rings. The molecule has 0 radical (unpaired) electrons. The van der Waals surface area contributed by atoms with Crippen LogP contribution in [0.4, 0.5) is 0 Å². The van der Waals surface area contributed by atoms with E-state index in [-0.39, 0.29) is 14.9 Å². The summed E-state index contributed by atoms with van der Waals surface area (Å²) in [7, 11) is 0. The summed E-state index contributed by atoms with van der Waals surface area (Å²) in [5.74, 6) is 2.25. The van der Waals surface area contributed by atoms with Gasteiger partial charge >= 0.3 is 0 Å². The van der Waals surface area contributed by atoms with Gasteiger partial charge in [-0.3, -0.25) is 0 Å². The second kappa shape index (κ2) is 14.3. The van der Waals surface area contributed by atoms with Gasteiger partial charge in [-0.25, -0.2) is 0 Å². The lowest BCUT2D eigenvalue weighted by Crippen LogP contribution is -1.89. The van der Waals surface area contributed by atoms with Crippen molar-refractivity contribution < 1.29 is 0 Å². The lowest BCUT2D eigenvalue weighted by Gasteiger charge is -2.07. The van der Waals surface area contributed by atoms with Gasteiger partial charge in [0.1, 0.15) is 0 Å². The Kier molecular flexibility index (Phi) is 16.9. The molecule has 0 saturated carbocycles. The van der Waals surface area contributed by atoms with Crippen molar-refractivity contribution in [1.82, 2.24) is 0 Å². The van der Waals surface area contributed by atoms with Gasteiger partial charge in [0.2, 0.25) is 0 Å². The predicted molar refractivity (Wildman–Crippen MR) is 92.3 cm³/mol. The zero-order valence-electron chi connectivity index (χ0n) is 11.3. The number of terminal acetylenes is 1. The average molecular weight is 258 g/mol. The number of hydrogen-bond acceptors (Lipinski definition) is 0. The molecule has 0 saturated heterocycles. The van der Waals surface area contributed by atoms with E-state index in [2.05, 4.69) is 75.6 Å². The highest BCUT2D eigenvalue weighted by Crippen LogP contribution is 2.20. The highest BCUT2D eigenvalue weighted by Gasteiger charge is 2.01. The Hall–Kier alpha value is -1.74. The van der Waals surface area contributed by atoms with Crippen molar-refractivity contribution >= 4 is 5.57 Å². The Morgan fingerprint density at radius 3 is 2.16 bits per heavy atom. The van der Waals surface area contributed by atoms with Crippen LogP contribution in [0.15, 0.2) is 42.5 Å².